The molecule has 1 aliphatic carbocycles. The highest BCUT2D eigenvalue weighted by molar-refractivity contribution is 5.88. The van der Waals surface area contributed by atoms with E-state index in [0.717, 1.165) is 44.5 Å². The summed E-state index contributed by atoms with van der Waals surface area (Å²) in [6.07, 6.45) is -0.304. The number of hydrogen-bond acceptors (Lipinski definition) is 4. The van der Waals surface area contributed by atoms with Crippen molar-refractivity contribution in [3.63, 3.8) is 0 Å². The average Bonchev–Trinajstić information content (AvgIpc) is 3.45. The van der Waals surface area contributed by atoms with Crippen LogP contribution >= 0.6 is 12.4 Å². The van der Waals surface area contributed by atoms with Gasteiger partial charge in [-0.15, -0.1) is 12.4 Å². The zero-order chi connectivity index (χ0) is 20.4. The molecule has 0 aromatic heterocycles. The molecule has 3 rings (SSSR count). The molecule has 9 heteroatoms. The molecule has 164 valence electrons. The molecule has 1 saturated carbocycles. The van der Waals surface area contributed by atoms with E-state index in [2.05, 4.69) is 10.6 Å². The molecule has 1 aliphatic heterocycles. The van der Waals surface area contributed by atoms with E-state index in [1.54, 1.807) is 0 Å². The lowest BCUT2D eigenvalue weighted by Gasteiger charge is -2.32. The number of carbonyl (C=O) groups is 1. The van der Waals surface area contributed by atoms with E-state index < -0.39 is 28.8 Å². The summed E-state index contributed by atoms with van der Waals surface area (Å²) < 4.78 is 46.3. The van der Waals surface area contributed by atoms with Crippen LogP contribution in [-0.4, -0.2) is 42.9 Å². The topological polar surface area (TPSA) is 70.6 Å². The van der Waals surface area contributed by atoms with E-state index in [-0.39, 0.29) is 18.2 Å². The van der Waals surface area contributed by atoms with Crippen LogP contribution in [0, 0.1) is 5.92 Å². The summed E-state index contributed by atoms with van der Waals surface area (Å²) in [7, 11) is 1.31. The van der Waals surface area contributed by atoms with Crippen LogP contribution < -0.4 is 15.4 Å². The fourth-order valence-corrected chi connectivity index (χ4v) is 3.84. The highest BCUT2D eigenvalue weighted by Gasteiger charge is 2.62. The Morgan fingerprint density at radius 3 is 2.52 bits per heavy atom. The number of methoxy groups -OCH3 is 1. The van der Waals surface area contributed by atoms with Crippen molar-refractivity contribution in [1.29, 1.82) is 0 Å². The zero-order valence-electron chi connectivity index (χ0n) is 16.3. The molecule has 1 atom stereocenters. The van der Waals surface area contributed by atoms with Crippen molar-refractivity contribution < 1.29 is 27.8 Å². The summed E-state index contributed by atoms with van der Waals surface area (Å²) in [6.45, 7) is 1.90. The summed E-state index contributed by atoms with van der Waals surface area (Å²) in [5.74, 6) is -0.758. The number of aliphatic hydroxyl groups is 1. The van der Waals surface area contributed by atoms with Crippen LogP contribution in [-0.2, 0) is 10.4 Å². The zero-order valence-corrected chi connectivity index (χ0v) is 17.2. The van der Waals surface area contributed by atoms with Crippen molar-refractivity contribution in [1.82, 2.24) is 10.6 Å². The van der Waals surface area contributed by atoms with Crippen LogP contribution in [0.25, 0.3) is 0 Å². The number of amides is 1. The number of ether oxygens (including phenoxy) is 1. The highest BCUT2D eigenvalue weighted by Crippen LogP contribution is 2.45. The molecule has 1 amide bonds. The first-order valence-corrected chi connectivity index (χ1v) is 9.67. The summed E-state index contributed by atoms with van der Waals surface area (Å²) in [5, 5.41) is 16.3. The van der Waals surface area contributed by atoms with Crippen LogP contribution in [0.3, 0.4) is 0 Å². The minimum Gasteiger partial charge on any atom is -0.497 e. The van der Waals surface area contributed by atoms with Gasteiger partial charge in [-0.1, -0.05) is 12.1 Å². The minimum atomic E-state index is -5.16. The number of rotatable bonds is 7. The number of carbonyl (C=O) groups excluding carboxylic acids is 1. The minimum absolute atomic E-state index is 0. The van der Waals surface area contributed by atoms with E-state index in [9.17, 15) is 23.1 Å². The van der Waals surface area contributed by atoms with Gasteiger partial charge in [-0.25, -0.2) is 0 Å². The standard InChI is InChI=1S/C20H27F3N2O3.ClH/c1-28-16-4-2-3-15(13-16)19(27,20(21,22)23)17(26)25-18(9-10-18)8-5-14-6-11-24-12-7-14;/h2-4,13-14,24,27H,5-12H2,1H3,(H,25,26);1H/t19-;/m1./s1. The van der Waals surface area contributed by atoms with Gasteiger partial charge in [-0.2, -0.15) is 13.2 Å². The van der Waals surface area contributed by atoms with Gasteiger partial charge in [0.15, 0.2) is 0 Å². The number of piperidine rings is 1. The smallest absolute Gasteiger partial charge is 0.430 e. The third kappa shape index (κ3) is 5.16. The molecule has 1 heterocycles. The molecule has 1 saturated heterocycles. The summed E-state index contributed by atoms with van der Waals surface area (Å²) >= 11 is 0. The van der Waals surface area contributed by atoms with Crippen LogP contribution in [0.4, 0.5) is 13.2 Å². The van der Waals surface area contributed by atoms with Crippen molar-refractivity contribution in [2.75, 3.05) is 20.2 Å². The molecule has 2 fully saturated rings. The third-order valence-electron chi connectivity index (χ3n) is 5.95. The van der Waals surface area contributed by atoms with Gasteiger partial charge in [0.05, 0.1) is 7.11 Å². The highest BCUT2D eigenvalue weighted by atomic mass is 35.5. The van der Waals surface area contributed by atoms with Gasteiger partial charge >= 0.3 is 6.18 Å². The average molecular weight is 437 g/mol. The van der Waals surface area contributed by atoms with E-state index in [1.807, 2.05) is 0 Å². The molecule has 29 heavy (non-hydrogen) atoms. The number of nitrogens with one attached hydrogen (secondary N) is 2. The normalized spacial score (nSPS) is 20.9. The van der Waals surface area contributed by atoms with Gasteiger partial charge in [-0.05, 0) is 69.7 Å². The Morgan fingerprint density at radius 1 is 1.31 bits per heavy atom. The lowest BCUT2D eigenvalue weighted by molar-refractivity contribution is -0.257. The van der Waals surface area contributed by atoms with Gasteiger partial charge in [0, 0.05) is 11.1 Å². The van der Waals surface area contributed by atoms with Crippen molar-refractivity contribution >= 4 is 18.3 Å². The predicted molar refractivity (Wildman–Crippen MR) is 105 cm³/mol. The second-order valence-electron chi connectivity index (χ2n) is 7.91. The molecule has 0 unspecified atom stereocenters. The summed E-state index contributed by atoms with van der Waals surface area (Å²) in [4.78, 5) is 12.7. The van der Waals surface area contributed by atoms with Gasteiger partial charge in [0.2, 0.25) is 0 Å². The molecule has 0 spiro atoms. The maximum absolute atomic E-state index is 13.8. The van der Waals surface area contributed by atoms with Gasteiger partial charge < -0.3 is 20.5 Å². The van der Waals surface area contributed by atoms with E-state index >= 15 is 0 Å². The first kappa shape index (κ1) is 23.8. The Kier molecular flexibility index (Phi) is 7.46. The molecule has 1 aromatic rings. The van der Waals surface area contributed by atoms with Gasteiger partial charge in [0.1, 0.15) is 5.75 Å². The molecule has 3 N–H and O–H groups in total. The SMILES string of the molecule is COc1cccc([C@@](O)(C(=O)NC2(CCC3CCNCC3)CC2)C(F)(F)F)c1.Cl. The first-order chi connectivity index (χ1) is 13.2. The second-order valence-corrected chi connectivity index (χ2v) is 7.91. The largest absolute Gasteiger partial charge is 0.497 e. The summed E-state index contributed by atoms with van der Waals surface area (Å²) in [6, 6.07) is 4.91. The fraction of sp³-hybridized carbons (Fsp3) is 0.650. The Balaban J connectivity index is 0.00000300. The molecular formula is C20H28ClF3N2O3. The first-order valence-electron chi connectivity index (χ1n) is 9.67. The molecule has 2 aliphatic rings. The van der Waals surface area contributed by atoms with Crippen molar-refractivity contribution in [3.05, 3.63) is 29.8 Å². The number of alkyl halides is 3. The Bertz CT molecular complexity index is 706. The maximum atomic E-state index is 13.8. The lowest BCUT2D eigenvalue weighted by Crippen LogP contribution is -2.57. The van der Waals surface area contributed by atoms with Crippen molar-refractivity contribution in [3.8, 4) is 5.75 Å². The van der Waals surface area contributed by atoms with Crippen molar-refractivity contribution in [2.45, 2.75) is 55.8 Å². The Morgan fingerprint density at radius 2 is 1.97 bits per heavy atom. The molecule has 5 nitrogen and oxygen atoms in total. The number of hydrogen-bond donors (Lipinski definition) is 3. The van der Waals surface area contributed by atoms with Crippen molar-refractivity contribution in [2.24, 2.45) is 5.92 Å². The quantitative estimate of drug-likeness (QED) is 0.613. The lowest BCUT2D eigenvalue weighted by atomic mass is 9.89. The van der Waals surface area contributed by atoms with E-state index in [0.29, 0.717) is 25.2 Å². The van der Waals surface area contributed by atoms with Gasteiger partial charge in [0.25, 0.3) is 11.5 Å². The van der Waals surface area contributed by atoms with E-state index in [1.165, 1.54) is 19.2 Å². The van der Waals surface area contributed by atoms with Crippen LogP contribution in [0.15, 0.2) is 24.3 Å². The summed E-state index contributed by atoms with van der Waals surface area (Å²) in [5.41, 5.74) is -4.81. The molecular weight excluding hydrogens is 409 g/mol. The number of benzene rings is 1. The van der Waals surface area contributed by atoms with Crippen LogP contribution in [0.1, 0.15) is 44.1 Å². The molecule has 1 aromatic carbocycles. The third-order valence-corrected chi connectivity index (χ3v) is 5.95. The van der Waals surface area contributed by atoms with Crippen LogP contribution in [0.5, 0.6) is 5.75 Å². The fourth-order valence-electron chi connectivity index (χ4n) is 3.84. The molecule has 0 radical (unpaired) electrons. The number of halogens is 4. The predicted octanol–water partition coefficient (Wildman–Crippen LogP) is 3.30. The second kappa shape index (κ2) is 9.10. The van der Waals surface area contributed by atoms with Crippen LogP contribution in [0.2, 0.25) is 0 Å². The van der Waals surface area contributed by atoms with Gasteiger partial charge in [-0.3, -0.25) is 4.79 Å². The van der Waals surface area contributed by atoms with E-state index in [4.69, 9.17) is 4.74 Å². The monoisotopic (exact) mass is 436 g/mol. The Labute approximate surface area is 174 Å². The Hall–Kier alpha value is -1.51. The molecule has 0 bridgehead atoms. The maximum Gasteiger partial charge on any atom is 0.430 e.